The number of carboxylic acid groups (broad SMARTS) is 1. The van der Waals surface area contributed by atoms with Crippen LogP contribution in [0.1, 0.15) is 27.6 Å². The molecule has 2 atom stereocenters. The highest BCUT2D eigenvalue weighted by atomic mass is 32.2. The van der Waals surface area contributed by atoms with Crippen LogP contribution in [0.15, 0.2) is 24.3 Å². The van der Waals surface area contributed by atoms with Crippen molar-refractivity contribution in [2.24, 2.45) is 0 Å². The molecule has 0 saturated carbocycles. The van der Waals surface area contributed by atoms with Crippen LogP contribution in [-0.2, 0) is 10.8 Å². The Morgan fingerprint density at radius 1 is 1.33 bits per heavy atom. The summed E-state index contributed by atoms with van der Waals surface area (Å²) in [6.45, 7) is 2.00. The van der Waals surface area contributed by atoms with Crippen molar-refractivity contribution >= 4 is 22.7 Å². The summed E-state index contributed by atoms with van der Waals surface area (Å²) in [6, 6.07) is 5.98. The lowest BCUT2D eigenvalue weighted by molar-refractivity contribution is 0.0691. The average Bonchev–Trinajstić information content (AvgIpc) is 2.35. The van der Waals surface area contributed by atoms with Gasteiger partial charge in [-0.2, -0.15) is 0 Å². The van der Waals surface area contributed by atoms with Crippen molar-refractivity contribution in [3.8, 4) is 0 Å². The molecule has 2 unspecified atom stereocenters. The van der Waals surface area contributed by atoms with Crippen molar-refractivity contribution in [1.29, 1.82) is 0 Å². The van der Waals surface area contributed by atoms with E-state index in [0.717, 1.165) is 0 Å². The van der Waals surface area contributed by atoms with Gasteiger partial charge in [0.1, 0.15) is 0 Å². The molecule has 18 heavy (non-hydrogen) atoms. The van der Waals surface area contributed by atoms with E-state index in [1.807, 2.05) is 0 Å². The summed E-state index contributed by atoms with van der Waals surface area (Å²) in [4.78, 5) is 22.8. The molecule has 0 saturated heterocycles. The second-order valence-corrected chi connectivity index (χ2v) is 5.67. The second kappa shape index (κ2) is 6.30. The number of amides is 1. The number of nitrogens with one attached hydrogen (secondary N) is 1. The highest BCUT2D eigenvalue weighted by Crippen LogP contribution is 2.08. The number of carbonyl (C=O) groups is 2. The van der Waals surface area contributed by atoms with Crippen LogP contribution in [0.3, 0.4) is 0 Å². The Balaban J connectivity index is 2.79. The van der Waals surface area contributed by atoms with Gasteiger partial charge in [0.2, 0.25) is 0 Å². The third-order valence-electron chi connectivity index (χ3n) is 2.52. The maximum absolute atomic E-state index is 11.8. The Morgan fingerprint density at radius 2 is 1.89 bits per heavy atom. The topological polar surface area (TPSA) is 83.5 Å². The Labute approximate surface area is 108 Å². The Bertz CT molecular complexity index is 487. The lowest BCUT2D eigenvalue weighted by Gasteiger charge is -2.11. The molecule has 0 aliphatic rings. The average molecular weight is 269 g/mol. The van der Waals surface area contributed by atoms with Crippen LogP contribution in [0.5, 0.6) is 0 Å². The zero-order chi connectivity index (χ0) is 13.7. The molecule has 0 fully saturated rings. The Morgan fingerprint density at radius 3 is 2.39 bits per heavy atom. The zero-order valence-electron chi connectivity index (χ0n) is 10.2. The van der Waals surface area contributed by atoms with Gasteiger partial charge in [-0.05, 0) is 19.1 Å². The SMILES string of the molecule is CC(CNC(=O)c1ccccc1C(=O)O)S(C)=O. The highest BCUT2D eigenvalue weighted by Gasteiger charge is 2.16. The molecule has 5 nitrogen and oxygen atoms in total. The van der Waals surface area contributed by atoms with Crippen molar-refractivity contribution in [3.63, 3.8) is 0 Å². The molecule has 0 spiro atoms. The van der Waals surface area contributed by atoms with E-state index in [1.54, 1.807) is 25.3 Å². The predicted molar refractivity (Wildman–Crippen MR) is 69.3 cm³/mol. The molecule has 6 heteroatoms. The molecule has 98 valence electrons. The molecule has 1 aromatic rings. The van der Waals surface area contributed by atoms with Gasteiger partial charge in [-0.3, -0.25) is 9.00 Å². The third kappa shape index (κ3) is 3.66. The van der Waals surface area contributed by atoms with Crippen LogP contribution in [0.2, 0.25) is 0 Å². The van der Waals surface area contributed by atoms with E-state index >= 15 is 0 Å². The monoisotopic (exact) mass is 269 g/mol. The molecule has 0 bridgehead atoms. The summed E-state index contributed by atoms with van der Waals surface area (Å²) in [7, 11) is -1.03. The van der Waals surface area contributed by atoms with Crippen LogP contribution >= 0.6 is 0 Å². The van der Waals surface area contributed by atoms with Crippen LogP contribution < -0.4 is 5.32 Å². The van der Waals surface area contributed by atoms with E-state index in [1.165, 1.54) is 12.1 Å². The summed E-state index contributed by atoms with van der Waals surface area (Å²) in [6.07, 6.45) is 1.56. The molecule has 0 radical (unpaired) electrons. The van der Waals surface area contributed by atoms with Crippen molar-refractivity contribution < 1.29 is 18.9 Å². The number of aromatic carboxylic acids is 1. The number of carboxylic acids is 1. The molecule has 0 aromatic heterocycles. The van der Waals surface area contributed by atoms with E-state index in [0.29, 0.717) is 0 Å². The van der Waals surface area contributed by atoms with Gasteiger partial charge in [-0.15, -0.1) is 0 Å². The molecule has 0 aliphatic heterocycles. The van der Waals surface area contributed by atoms with Crippen LogP contribution in [-0.4, -0.2) is 39.2 Å². The summed E-state index contributed by atoms with van der Waals surface area (Å²) >= 11 is 0. The smallest absolute Gasteiger partial charge is 0.336 e. The van der Waals surface area contributed by atoms with E-state index in [2.05, 4.69) is 5.32 Å². The van der Waals surface area contributed by atoms with E-state index < -0.39 is 22.7 Å². The quantitative estimate of drug-likeness (QED) is 0.831. The molecule has 0 aliphatic carbocycles. The first kappa shape index (κ1) is 14.4. The fourth-order valence-electron chi connectivity index (χ4n) is 1.32. The largest absolute Gasteiger partial charge is 0.478 e. The van der Waals surface area contributed by atoms with Crippen LogP contribution in [0.4, 0.5) is 0 Å². The summed E-state index contributed by atoms with van der Waals surface area (Å²) in [5, 5.41) is 11.4. The maximum atomic E-state index is 11.8. The minimum Gasteiger partial charge on any atom is -0.478 e. The minimum atomic E-state index is -1.15. The van der Waals surface area contributed by atoms with Crippen molar-refractivity contribution in [3.05, 3.63) is 35.4 Å². The normalized spacial score (nSPS) is 13.7. The lowest BCUT2D eigenvalue weighted by atomic mass is 10.1. The van der Waals surface area contributed by atoms with Crippen LogP contribution in [0.25, 0.3) is 0 Å². The van der Waals surface area contributed by atoms with Gasteiger partial charge >= 0.3 is 5.97 Å². The molecular formula is C12H15NO4S. The number of rotatable bonds is 5. The van der Waals surface area contributed by atoms with Crippen molar-refractivity contribution in [2.75, 3.05) is 12.8 Å². The first-order chi connectivity index (χ1) is 8.43. The standard InChI is InChI=1S/C12H15NO4S/c1-8(18(2)17)7-13-11(14)9-5-3-4-6-10(9)12(15)16/h3-6,8H,7H2,1-2H3,(H,13,14)(H,15,16). The van der Waals surface area contributed by atoms with Gasteiger partial charge in [0.25, 0.3) is 5.91 Å². The van der Waals surface area contributed by atoms with Gasteiger partial charge < -0.3 is 10.4 Å². The summed E-state index contributed by atoms with van der Waals surface area (Å²) < 4.78 is 11.1. The van der Waals surface area contributed by atoms with Gasteiger partial charge in [0.15, 0.2) is 0 Å². The molecule has 1 aromatic carbocycles. The molecule has 1 rings (SSSR count). The second-order valence-electron chi connectivity index (χ2n) is 3.87. The van der Waals surface area contributed by atoms with Crippen LogP contribution in [0, 0.1) is 0 Å². The van der Waals surface area contributed by atoms with Gasteiger partial charge in [-0.25, -0.2) is 4.79 Å². The molecule has 1 amide bonds. The van der Waals surface area contributed by atoms with Crippen molar-refractivity contribution in [2.45, 2.75) is 12.2 Å². The summed E-state index contributed by atoms with van der Waals surface area (Å²) in [5.41, 5.74) is 0.0689. The number of hydrogen-bond acceptors (Lipinski definition) is 3. The fourth-order valence-corrected chi connectivity index (χ4v) is 1.63. The van der Waals surface area contributed by atoms with E-state index in [4.69, 9.17) is 5.11 Å². The first-order valence-corrected chi connectivity index (χ1v) is 6.98. The van der Waals surface area contributed by atoms with E-state index in [9.17, 15) is 13.8 Å². The predicted octanol–water partition coefficient (Wildman–Crippen LogP) is 0.882. The number of benzene rings is 1. The third-order valence-corrected chi connectivity index (χ3v) is 3.82. The first-order valence-electron chi connectivity index (χ1n) is 5.36. The maximum Gasteiger partial charge on any atom is 0.336 e. The summed E-state index contributed by atoms with van der Waals surface area (Å²) in [5.74, 6) is -1.61. The van der Waals surface area contributed by atoms with Gasteiger partial charge in [-0.1, -0.05) is 12.1 Å². The Hall–Kier alpha value is -1.69. The van der Waals surface area contributed by atoms with Gasteiger partial charge in [0.05, 0.1) is 11.1 Å². The van der Waals surface area contributed by atoms with Gasteiger partial charge in [0, 0.05) is 28.9 Å². The number of hydrogen-bond donors (Lipinski definition) is 2. The molecule has 0 heterocycles. The fraction of sp³-hybridized carbons (Fsp3) is 0.333. The van der Waals surface area contributed by atoms with E-state index in [-0.39, 0.29) is 22.9 Å². The molecular weight excluding hydrogens is 254 g/mol. The Kier molecular flexibility index (Phi) is 5.03. The number of carbonyl (C=O) groups excluding carboxylic acids is 1. The molecule has 2 N–H and O–H groups in total. The highest BCUT2D eigenvalue weighted by molar-refractivity contribution is 7.84. The van der Waals surface area contributed by atoms with Crippen molar-refractivity contribution in [1.82, 2.24) is 5.32 Å². The zero-order valence-corrected chi connectivity index (χ0v) is 11.0. The minimum absolute atomic E-state index is 0.0414. The lowest BCUT2D eigenvalue weighted by Crippen LogP contribution is -2.33.